The highest BCUT2D eigenvalue weighted by Crippen LogP contribution is 2.36. The monoisotopic (exact) mass is 235 g/mol. The fourth-order valence-electron chi connectivity index (χ4n) is 1.85. The number of phenols is 1. The van der Waals surface area contributed by atoms with Gasteiger partial charge in [-0.15, -0.1) is 0 Å². The number of hydrogen-bond donors (Lipinski definition) is 1. The Balaban J connectivity index is 2.85. The summed E-state index contributed by atoms with van der Waals surface area (Å²) in [6.45, 7) is 0. The largest absolute Gasteiger partial charge is 0.507 e. The van der Waals surface area contributed by atoms with E-state index >= 15 is 0 Å². The highest BCUT2D eigenvalue weighted by molar-refractivity contribution is 7.95. The average Bonchev–Trinajstić information content (AvgIpc) is 2.28. The molecule has 0 unspecified atom stereocenters. The number of ether oxygens (including phenoxy) is 1. The summed E-state index contributed by atoms with van der Waals surface area (Å²) < 4.78 is 5.29. The molecule has 0 aromatic heterocycles. The molecule has 2 nitrogen and oxygen atoms in total. The van der Waals surface area contributed by atoms with Gasteiger partial charge in [0.15, 0.2) is 4.90 Å². The first-order valence-electron chi connectivity index (χ1n) is 5.01. The van der Waals surface area contributed by atoms with Crippen LogP contribution in [0.4, 0.5) is 0 Å². The van der Waals surface area contributed by atoms with Gasteiger partial charge in [0.2, 0.25) is 0 Å². The molecule has 0 amide bonds. The SMILES string of the molecule is COc1cccc2c([S+](C)C)ccc(O)c12. The number of benzene rings is 2. The highest BCUT2D eigenvalue weighted by atomic mass is 32.2. The Hall–Kier alpha value is -1.35. The van der Waals surface area contributed by atoms with Gasteiger partial charge in [0, 0.05) is 16.3 Å². The first-order valence-corrected chi connectivity index (χ1v) is 7.05. The fourth-order valence-corrected chi connectivity index (χ4v) is 2.80. The van der Waals surface area contributed by atoms with Crippen LogP contribution >= 0.6 is 0 Å². The van der Waals surface area contributed by atoms with Crippen LogP contribution in [-0.4, -0.2) is 24.7 Å². The number of methoxy groups -OCH3 is 1. The smallest absolute Gasteiger partial charge is 0.162 e. The highest BCUT2D eigenvalue weighted by Gasteiger charge is 2.17. The summed E-state index contributed by atoms with van der Waals surface area (Å²) >= 11 is 0. The molecule has 0 bridgehead atoms. The van der Waals surface area contributed by atoms with Gasteiger partial charge >= 0.3 is 0 Å². The summed E-state index contributed by atoms with van der Waals surface area (Å²) in [5, 5.41) is 11.8. The molecule has 0 radical (unpaired) electrons. The first-order chi connectivity index (χ1) is 7.65. The lowest BCUT2D eigenvalue weighted by Crippen LogP contribution is -1.97. The lowest BCUT2D eigenvalue weighted by atomic mass is 10.1. The second-order valence-electron chi connectivity index (χ2n) is 3.78. The molecule has 84 valence electrons. The van der Waals surface area contributed by atoms with Crippen LogP contribution in [-0.2, 0) is 10.9 Å². The summed E-state index contributed by atoms with van der Waals surface area (Å²) in [6.07, 6.45) is 4.34. The minimum atomic E-state index is 0.161. The third-order valence-electron chi connectivity index (χ3n) is 2.60. The first kappa shape index (κ1) is 11.1. The molecule has 0 aliphatic carbocycles. The Morgan fingerprint density at radius 1 is 1.12 bits per heavy atom. The van der Waals surface area contributed by atoms with Gasteiger partial charge in [0.25, 0.3) is 0 Å². The number of rotatable bonds is 2. The average molecular weight is 235 g/mol. The normalized spacial score (nSPS) is 11.0. The third kappa shape index (κ3) is 1.71. The van der Waals surface area contributed by atoms with Crippen LogP contribution in [0.2, 0.25) is 0 Å². The Morgan fingerprint density at radius 3 is 2.50 bits per heavy atom. The van der Waals surface area contributed by atoms with E-state index in [1.165, 1.54) is 4.90 Å². The van der Waals surface area contributed by atoms with Crippen molar-refractivity contribution in [1.82, 2.24) is 0 Å². The molecular formula is C13H15O2S+. The van der Waals surface area contributed by atoms with E-state index in [4.69, 9.17) is 4.74 Å². The lowest BCUT2D eigenvalue weighted by molar-refractivity contribution is 0.416. The van der Waals surface area contributed by atoms with Crippen LogP contribution in [0.3, 0.4) is 0 Å². The van der Waals surface area contributed by atoms with Gasteiger partial charge in [-0.1, -0.05) is 6.07 Å². The van der Waals surface area contributed by atoms with Crippen LogP contribution in [0.1, 0.15) is 0 Å². The van der Waals surface area contributed by atoms with E-state index in [-0.39, 0.29) is 16.6 Å². The van der Waals surface area contributed by atoms with Crippen molar-refractivity contribution in [3.05, 3.63) is 30.3 Å². The summed E-state index contributed by atoms with van der Waals surface area (Å²) in [5.41, 5.74) is 0. The zero-order valence-electron chi connectivity index (χ0n) is 9.65. The van der Waals surface area contributed by atoms with Crippen molar-refractivity contribution < 1.29 is 9.84 Å². The van der Waals surface area contributed by atoms with Crippen LogP contribution in [0.15, 0.2) is 35.2 Å². The molecular weight excluding hydrogens is 220 g/mol. The van der Waals surface area contributed by atoms with Crippen LogP contribution < -0.4 is 4.74 Å². The maximum Gasteiger partial charge on any atom is 0.162 e. The Kier molecular flexibility index (Phi) is 2.97. The molecule has 1 N–H and O–H groups in total. The number of phenolic OH excluding ortho intramolecular Hbond substituents is 1. The molecule has 0 atom stereocenters. The second-order valence-corrected chi connectivity index (χ2v) is 5.85. The maximum atomic E-state index is 9.91. The molecule has 2 aromatic carbocycles. The number of hydrogen-bond acceptors (Lipinski definition) is 2. The van der Waals surface area contributed by atoms with Gasteiger partial charge in [-0.2, -0.15) is 0 Å². The van der Waals surface area contributed by atoms with Crippen molar-refractivity contribution in [2.24, 2.45) is 0 Å². The molecule has 0 fully saturated rings. The van der Waals surface area contributed by atoms with Crippen molar-refractivity contribution in [2.75, 3.05) is 19.6 Å². The minimum absolute atomic E-state index is 0.161. The van der Waals surface area contributed by atoms with Gasteiger partial charge in [-0.3, -0.25) is 0 Å². The zero-order chi connectivity index (χ0) is 11.7. The zero-order valence-corrected chi connectivity index (χ0v) is 10.5. The third-order valence-corrected chi connectivity index (χ3v) is 3.84. The van der Waals surface area contributed by atoms with E-state index in [1.54, 1.807) is 13.2 Å². The summed E-state index contributed by atoms with van der Waals surface area (Å²) in [5.74, 6) is 1.00. The van der Waals surface area contributed by atoms with Crippen molar-refractivity contribution in [3.63, 3.8) is 0 Å². The number of fused-ring (bicyclic) bond motifs is 1. The van der Waals surface area contributed by atoms with E-state index in [2.05, 4.69) is 12.5 Å². The summed E-state index contributed by atoms with van der Waals surface area (Å²) in [7, 11) is 1.78. The topological polar surface area (TPSA) is 29.5 Å². The molecule has 3 heteroatoms. The molecule has 2 aromatic rings. The maximum absolute atomic E-state index is 9.91. The van der Waals surface area contributed by atoms with E-state index in [9.17, 15) is 5.11 Å². The van der Waals surface area contributed by atoms with Crippen molar-refractivity contribution in [1.29, 1.82) is 0 Å². The molecule has 2 rings (SSSR count). The van der Waals surface area contributed by atoms with Crippen molar-refractivity contribution in [2.45, 2.75) is 4.90 Å². The standard InChI is InChI=1S/C13H14O2S/c1-15-11-6-4-5-9-12(16(2)3)8-7-10(14)13(9)11/h4-8H,1-3H3/p+1. The Bertz CT molecular complexity index is 521. The Morgan fingerprint density at radius 2 is 1.88 bits per heavy atom. The van der Waals surface area contributed by atoms with Gasteiger partial charge in [-0.05, 0) is 24.3 Å². The molecule has 0 aliphatic heterocycles. The quantitative estimate of drug-likeness (QED) is 0.811. The summed E-state index contributed by atoms with van der Waals surface area (Å²) in [6, 6.07) is 9.58. The van der Waals surface area contributed by atoms with Crippen molar-refractivity contribution in [3.8, 4) is 11.5 Å². The van der Waals surface area contributed by atoms with Crippen LogP contribution in [0, 0.1) is 0 Å². The van der Waals surface area contributed by atoms with E-state index < -0.39 is 0 Å². The number of aromatic hydroxyl groups is 1. The predicted octanol–water partition coefficient (Wildman–Crippen LogP) is 2.79. The molecule has 0 saturated heterocycles. The summed E-state index contributed by atoms with van der Waals surface area (Å²) in [4.78, 5) is 1.26. The molecule has 0 spiro atoms. The van der Waals surface area contributed by atoms with Gasteiger partial charge in [0.1, 0.15) is 24.0 Å². The molecule has 0 aliphatic rings. The molecule has 16 heavy (non-hydrogen) atoms. The second kappa shape index (κ2) is 4.26. The Labute approximate surface area is 98.2 Å². The lowest BCUT2D eigenvalue weighted by Gasteiger charge is -2.09. The molecule has 0 saturated carbocycles. The van der Waals surface area contributed by atoms with Crippen molar-refractivity contribution >= 4 is 21.7 Å². The van der Waals surface area contributed by atoms with E-state index in [1.807, 2.05) is 24.3 Å². The van der Waals surface area contributed by atoms with E-state index in [0.717, 1.165) is 16.5 Å². The minimum Gasteiger partial charge on any atom is -0.507 e. The predicted molar refractivity (Wildman–Crippen MR) is 69.6 cm³/mol. The van der Waals surface area contributed by atoms with Gasteiger partial charge in [0.05, 0.1) is 12.5 Å². The van der Waals surface area contributed by atoms with Crippen LogP contribution in [0.25, 0.3) is 10.8 Å². The fraction of sp³-hybridized carbons (Fsp3) is 0.231. The van der Waals surface area contributed by atoms with Gasteiger partial charge in [-0.25, -0.2) is 0 Å². The van der Waals surface area contributed by atoms with Crippen LogP contribution in [0.5, 0.6) is 11.5 Å². The van der Waals surface area contributed by atoms with E-state index in [0.29, 0.717) is 0 Å². The van der Waals surface area contributed by atoms with Gasteiger partial charge < -0.3 is 9.84 Å². The molecule has 0 heterocycles.